The van der Waals surface area contributed by atoms with Crippen LogP contribution >= 0.6 is 0 Å². The number of nitrogens with one attached hydrogen (secondary N) is 1. The molecule has 24 heavy (non-hydrogen) atoms. The highest BCUT2D eigenvalue weighted by Gasteiger charge is 2.35. The van der Waals surface area contributed by atoms with Gasteiger partial charge in [0.05, 0.1) is 12.3 Å². The fourth-order valence-corrected chi connectivity index (χ4v) is 3.89. The number of rotatable bonds is 3. The van der Waals surface area contributed by atoms with Crippen molar-refractivity contribution in [1.29, 1.82) is 0 Å². The average molecular weight is 322 g/mol. The lowest BCUT2D eigenvalue weighted by Gasteiger charge is -2.38. The minimum Gasteiger partial charge on any atom is -0.393 e. The molecule has 1 saturated carbocycles. The highest BCUT2D eigenvalue weighted by Crippen LogP contribution is 2.40. The Hall–Kier alpha value is -2.24. The van der Waals surface area contributed by atoms with E-state index >= 15 is 0 Å². The molecule has 0 saturated heterocycles. The molecule has 0 atom stereocenters. The van der Waals surface area contributed by atoms with Gasteiger partial charge in [0.1, 0.15) is 0 Å². The van der Waals surface area contributed by atoms with Crippen molar-refractivity contribution in [2.45, 2.75) is 37.2 Å². The Balaban J connectivity index is 1.78. The number of hydrogen-bond donors (Lipinski definition) is 3. The van der Waals surface area contributed by atoms with Crippen molar-refractivity contribution in [3.63, 3.8) is 0 Å². The molecule has 0 aliphatic heterocycles. The molecule has 0 radical (unpaired) electrons. The Labute approximate surface area is 140 Å². The van der Waals surface area contributed by atoms with Crippen LogP contribution in [0.1, 0.15) is 31.2 Å². The smallest absolute Gasteiger partial charge is 0.155 e. The molecule has 124 valence electrons. The van der Waals surface area contributed by atoms with E-state index in [-0.39, 0.29) is 11.5 Å². The van der Waals surface area contributed by atoms with E-state index in [4.69, 9.17) is 5.73 Å². The molecule has 1 aliphatic carbocycles. The quantitative estimate of drug-likeness (QED) is 0.692. The summed E-state index contributed by atoms with van der Waals surface area (Å²) in [7, 11) is 0. The summed E-state index contributed by atoms with van der Waals surface area (Å²) in [5.74, 6) is 0. The third kappa shape index (κ3) is 2.50. The zero-order chi connectivity index (χ0) is 16.6. The predicted molar refractivity (Wildman–Crippen MR) is 94.5 cm³/mol. The van der Waals surface area contributed by atoms with Gasteiger partial charge in [-0.05, 0) is 48.4 Å². The first-order valence-corrected chi connectivity index (χ1v) is 8.49. The summed E-state index contributed by atoms with van der Waals surface area (Å²) in [6.45, 7) is 0.612. The van der Waals surface area contributed by atoms with Crippen molar-refractivity contribution in [3.8, 4) is 11.1 Å². The van der Waals surface area contributed by atoms with Gasteiger partial charge in [-0.15, -0.1) is 0 Å². The second-order valence-electron chi connectivity index (χ2n) is 6.79. The van der Waals surface area contributed by atoms with Gasteiger partial charge in [0.2, 0.25) is 0 Å². The molecule has 1 aromatic carbocycles. The number of aromatic nitrogens is 3. The lowest BCUT2D eigenvalue weighted by Crippen LogP contribution is -2.40. The van der Waals surface area contributed by atoms with E-state index in [1.165, 1.54) is 5.56 Å². The summed E-state index contributed by atoms with van der Waals surface area (Å²) in [6, 6.07) is 10.7. The van der Waals surface area contributed by atoms with Crippen LogP contribution in [0.15, 0.2) is 42.7 Å². The summed E-state index contributed by atoms with van der Waals surface area (Å²) < 4.78 is 0. The molecule has 5 heteroatoms. The summed E-state index contributed by atoms with van der Waals surface area (Å²) in [5, 5.41) is 17.9. The average Bonchev–Trinajstić information content (AvgIpc) is 3.11. The van der Waals surface area contributed by atoms with Gasteiger partial charge in [-0.3, -0.25) is 5.10 Å². The van der Waals surface area contributed by atoms with Crippen molar-refractivity contribution in [1.82, 2.24) is 15.2 Å². The highest BCUT2D eigenvalue weighted by atomic mass is 16.3. The monoisotopic (exact) mass is 322 g/mol. The normalized spacial score (nSPS) is 24.3. The van der Waals surface area contributed by atoms with E-state index in [9.17, 15) is 5.11 Å². The van der Waals surface area contributed by atoms with Gasteiger partial charge < -0.3 is 10.8 Å². The fourth-order valence-electron chi connectivity index (χ4n) is 3.89. The van der Waals surface area contributed by atoms with Gasteiger partial charge in [-0.25, -0.2) is 4.98 Å². The third-order valence-electron chi connectivity index (χ3n) is 5.44. The molecule has 4 N–H and O–H groups in total. The van der Waals surface area contributed by atoms with Gasteiger partial charge in [0.25, 0.3) is 0 Å². The Kier molecular flexibility index (Phi) is 3.82. The molecular weight excluding hydrogens is 300 g/mol. The van der Waals surface area contributed by atoms with Crippen LogP contribution in [0.25, 0.3) is 22.2 Å². The summed E-state index contributed by atoms with van der Waals surface area (Å²) in [5.41, 5.74) is 10.5. The number of hydrogen-bond acceptors (Lipinski definition) is 4. The molecule has 1 fully saturated rings. The molecule has 3 aromatic rings. The van der Waals surface area contributed by atoms with E-state index in [1.807, 2.05) is 12.3 Å². The highest BCUT2D eigenvalue weighted by molar-refractivity contribution is 5.92. The van der Waals surface area contributed by atoms with Crippen LogP contribution in [0.4, 0.5) is 0 Å². The van der Waals surface area contributed by atoms with E-state index in [2.05, 4.69) is 39.4 Å². The number of nitrogens with zero attached hydrogens (tertiary/aromatic N) is 2. The predicted octanol–water partition coefficient (Wildman–Crippen LogP) is 2.76. The molecular formula is C19H22N4O. The topological polar surface area (TPSA) is 87.8 Å². The maximum absolute atomic E-state index is 9.85. The lowest BCUT2D eigenvalue weighted by molar-refractivity contribution is 0.0975. The first-order valence-electron chi connectivity index (χ1n) is 8.49. The van der Waals surface area contributed by atoms with E-state index in [0.717, 1.165) is 47.8 Å². The van der Waals surface area contributed by atoms with Gasteiger partial charge >= 0.3 is 0 Å². The van der Waals surface area contributed by atoms with E-state index in [0.29, 0.717) is 6.54 Å². The van der Waals surface area contributed by atoms with Crippen LogP contribution in [0.2, 0.25) is 0 Å². The molecule has 4 rings (SSSR count). The van der Waals surface area contributed by atoms with E-state index in [1.54, 1.807) is 6.20 Å². The summed E-state index contributed by atoms with van der Waals surface area (Å²) in [6.07, 6.45) is 6.96. The second kappa shape index (κ2) is 6.00. The first kappa shape index (κ1) is 15.3. The molecule has 5 nitrogen and oxygen atoms in total. The van der Waals surface area contributed by atoms with Crippen LogP contribution in [0.3, 0.4) is 0 Å². The zero-order valence-corrected chi connectivity index (χ0v) is 13.6. The lowest BCUT2D eigenvalue weighted by atomic mass is 9.68. The Morgan fingerprint density at radius 3 is 2.88 bits per heavy atom. The van der Waals surface area contributed by atoms with Crippen molar-refractivity contribution in [2.75, 3.05) is 6.54 Å². The van der Waals surface area contributed by atoms with Crippen molar-refractivity contribution >= 4 is 11.0 Å². The van der Waals surface area contributed by atoms with Crippen LogP contribution in [0, 0.1) is 0 Å². The van der Waals surface area contributed by atoms with Gasteiger partial charge in [-0.2, -0.15) is 5.10 Å². The number of aliphatic hydroxyl groups is 1. The van der Waals surface area contributed by atoms with Gasteiger partial charge in [0.15, 0.2) is 5.65 Å². The Morgan fingerprint density at radius 1 is 1.25 bits per heavy atom. The SMILES string of the molecule is NC[C@]1(c2cccc(-c3ccnc4[nH]ncc34)c2)CC[C@@H](O)CC1. The van der Waals surface area contributed by atoms with Crippen LogP contribution < -0.4 is 5.73 Å². The maximum atomic E-state index is 9.85. The minimum absolute atomic E-state index is 0.0300. The van der Waals surface area contributed by atoms with Crippen molar-refractivity contribution in [3.05, 3.63) is 48.3 Å². The van der Waals surface area contributed by atoms with Crippen molar-refractivity contribution in [2.24, 2.45) is 5.73 Å². The molecule has 2 heterocycles. The van der Waals surface area contributed by atoms with E-state index < -0.39 is 0 Å². The summed E-state index contributed by atoms with van der Waals surface area (Å²) >= 11 is 0. The largest absolute Gasteiger partial charge is 0.393 e. The standard InChI is InChI=1S/C19H22N4O/c20-12-19(7-4-15(24)5-8-19)14-3-1-2-13(10-14)16-6-9-21-18-17(16)11-22-23-18/h1-3,6,9-11,15,24H,4-5,7-8,12,20H2,(H,21,22,23)/t15-,19+. The molecule has 0 amide bonds. The molecule has 0 spiro atoms. The van der Waals surface area contributed by atoms with Crippen LogP contribution in [-0.2, 0) is 5.41 Å². The zero-order valence-electron chi connectivity index (χ0n) is 13.6. The Bertz CT molecular complexity index is 849. The maximum Gasteiger partial charge on any atom is 0.155 e. The molecule has 1 aliphatic rings. The van der Waals surface area contributed by atoms with Gasteiger partial charge in [-0.1, -0.05) is 24.3 Å². The second-order valence-corrected chi connectivity index (χ2v) is 6.79. The van der Waals surface area contributed by atoms with Gasteiger partial charge in [0, 0.05) is 23.5 Å². The number of fused-ring (bicyclic) bond motifs is 1. The number of aliphatic hydroxyl groups excluding tert-OH is 1. The number of benzene rings is 1. The number of aromatic amines is 1. The van der Waals surface area contributed by atoms with Crippen molar-refractivity contribution < 1.29 is 5.11 Å². The number of H-pyrrole nitrogens is 1. The number of pyridine rings is 1. The summed E-state index contributed by atoms with van der Waals surface area (Å²) in [4.78, 5) is 4.31. The van der Waals surface area contributed by atoms with Crippen LogP contribution in [-0.4, -0.2) is 32.9 Å². The number of nitrogens with two attached hydrogens (primary N) is 1. The Morgan fingerprint density at radius 2 is 2.08 bits per heavy atom. The molecule has 0 unspecified atom stereocenters. The third-order valence-corrected chi connectivity index (χ3v) is 5.44. The minimum atomic E-state index is -0.182. The first-order chi connectivity index (χ1) is 11.7. The fraction of sp³-hybridized carbons (Fsp3) is 0.368. The molecule has 2 aromatic heterocycles. The molecule has 0 bridgehead atoms. The van der Waals surface area contributed by atoms with Crippen LogP contribution in [0.5, 0.6) is 0 Å².